The molecule has 2 aliphatic rings. The molecule has 0 amide bonds. The second-order valence-corrected chi connectivity index (χ2v) is 7.41. The Kier molecular flexibility index (Phi) is 2.89. The lowest BCUT2D eigenvalue weighted by Gasteiger charge is -2.28. The van der Waals surface area contributed by atoms with E-state index in [1.54, 1.807) is 0 Å². The molecule has 108 valence electrons. The molecule has 5 nitrogen and oxygen atoms in total. The summed E-state index contributed by atoms with van der Waals surface area (Å²) in [7, 11) is 0. The Balaban J connectivity index is 2.08. The van der Waals surface area contributed by atoms with Crippen molar-refractivity contribution in [3.05, 3.63) is 0 Å². The van der Waals surface area contributed by atoms with Crippen LogP contribution in [0.15, 0.2) is 0 Å². The molecule has 2 fully saturated rings. The molecule has 0 aromatic rings. The molecule has 0 N–H and O–H groups in total. The van der Waals surface area contributed by atoms with Gasteiger partial charge in [-0.3, -0.25) is 0 Å². The van der Waals surface area contributed by atoms with E-state index >= 15 is 0 Å². The van der Waals surface area contributed by atoms with Gasteiger partial charge in [0.2, 0.25) is 0 Å². The zero-order valence-electron chi connectivity index (χ0n) is 12.5. The van der Waals surface area contributed by atoms with E-state index in [0.29, 0.717) is 13.2 Å². The van der Waals surface area contributed by atoms with Gasteiger partial charge in [-0.1, -0.05) is 41.5 Å². The molecule has 2 rings (SSSR count). The number of carbonyl (C=O) groups excluding carboxylic acids is 2. The van der Waals surface area contributed by atoms with Crippen LogP contribution in [-0.2, 0) is 23.8 Å². The fraction of sp³-hybridized carbons (Fsp3) is 0.857. The first-order chi connectivity index (χ1) is 8.46. The molecule has 2 aliphatic heterocycles. The molecule has 0 spiro atoms. The van der Waals surface area contributed by atoms with Gasteiger partial charge in [0.25, 0.3) is 0 Å². The average Bonchev–Trinajstić information content (AvgIpc) is 3.09. The third-order valence-corrected chi connectivity index (χ3v) is 4.13. The van der Waals surface area contributed by atoms with E-state index in [2.05, 4.69) is 0 Å². The van der Waals surface area contributed by atoms with Crippen LogP contribution in [0.25, 0.3) is 0 Å². The van der Waals surface area contributed by atoms with E-state index < -0.39 is 34.0 Å². The summed E-state index contributed by atoms with van der Waals surface area (Å²) in [4.78, 5) is 24.3. The van der Waals surface area contributed by atoms with Gasteiger partial charge in [-0.05, 0) is 0 Å². The minimum absolute atomic E-state index is 0.298. The number of rotatable bonds is 2. The molecular weight excluding hydrogens is 248 g/mol. The topological polar surface area (TPSA) is 68.4 Å². The maximum absolute atomic E-state index is 12.2. The van der Waals surface area contributed by atoms with Gasteiger partial charge in [0.15, 0.2) is 11.2 Å². The highest BCUT2D eigenvalue weighted by molar-refractivity contribution is 5.97. The Bertz CT molecular complexity index is 376. The predicted molar refractivity (Wildman–Crippen MR) is 67.4 cm³/mol. The van der Waals surface area contributed by atoms with Crippen LogP contribution in [0.2, 0.25) is 0 Å². The van der Waals surface area contributed by atoms with Crippen LogP contribution < -0.4 is 0 Å². The van der Waals surface area contributed by atoms with Gasteiger partial charge < -0.3 is 14.2 Å². The van der Waals surface area contributed by atoms with Gasteiger partial charge in [0.05, 0.1) is 13.2 Å². The Hall–Kier alpha value is -0.940. The van der Waals surface area contributed by atoms with E-state index in [9.17, 15) is 9.59 Å². The second-order valence-electron chi connectivity index (χ2n) is 7.41. The van der Waals surface area contributed by atoms with Crippen LogP contribution in [0.4, 0.5) is 0 Å². The van der Waals surface area contributed by atoms with Crippen molar-refractivity contribution in [2.75, 3.05) is 13.2 Å². The first-order valence-electron chi connectivity index (χ1n) is 6.51. The fourth-order valence-corrected chi connectivity index (χ4v) is 2.11. The van der Waals surface area contributed by atoms with Gasteiger partial charge >= 0.3 is 11.9 Å². The van der Waals surface area contributed by atoms with Gasteiger partial charge in [0, 0.05) is 10.8 Å². The van der Waals surface area contributed by atoms with Crippen molar-refractivity contribution in [1.29, 1.82) is 0 Å². The molecule has 5 heteroatoms. The number of hydrogen-bond acceptors (Lipinski definition) is 5. The molecule has 0 saturated carbocycles. The van der Waals surface area contributed by atoms with Crippen LogP contribution in [0.3, 0.4) is 0 Å². The average molecular weight is 270 g/mol. The molecule has 0 aromatic heterocycles. The second kappa shape index (κ2) is 3.79. The van der Waals surface area contributed by atoms with Gasteiger partial charge in [-0.25, -0.2) is 9.59 Å². The van der Waals surface area contributed by atoms with Crippen molar-refractivity contribution in [2.24, 2.45) is 10.8 Å². The number of epoxide rings is 2. The summed E-state index contributed by atoms with van der Waals surface area (Å²) in [6, 6.07) is 0. The number of hydrogen-bond donors (Lipinski definition) is 0. The lowest BCUT2D eigenvalue weighted by molar-refractivity contribution is -0.172. The van der Waals surface area contributed by atoms with Gasteiger partial charge in [-0.15, -0.1) is 0 Å². The third-order valence-electron chi connectivity index (χ3n) is 4.13. The van der Waals surface area contributed by atoms with Crippen LogP contribution in [0, 0.1) is 10.8 Å². The Morgan fingerprint density at radius 2 is 1.11 bits per heavy atom. The van der Waals surface area contributed by atoms with E-state index in [-0.39, 0.29) is 0 Å². The number of esters is 2. The zero-order chi connectivity index (χ0) is 14.7. The predicted octanol–water partition coefficient (Wildman–Crippen LogP) is 1.69. The maximum Gasteiger partial charge on any atom is 0.349 e. The first kappa shape index (κ1) is 14.5. The summed E-state index contributed by atoms with van der Waals surface area (Å²) in [5.74, 6) is -1.21. The zero-order valence-corrected chi connectivity index (χ0v) is 12.5. The molecule has 2 unspecified atom stereocenters. The SMILES string of the molecule is CC(C)(C)C1(C(=O)OC(=O)C2(C(C)(C)C)CO2)CO1. The Labute approximate surface area is 113 Å². The number of ether oxygens (including phenoxy) is 3. The largest absolute Gasteiger partial charge is 0.389 e. The van der Waals surface area contributed by atoms with Crippen LogP contribution in [0.1, 0.15) is 41.5 Å². The van der Waals surface area contributed by atoms with Crippen molar-refractivity contribution < 1.29 is 23.8 Å². The quantitative estimate of drug-likeness (QED) is 0.434. The molecule has 0 bridgehead atoms. The molecule has 2 heterocycles. The third kappa shape index (κ3) is 2.09. The van der Waals surface area contributed by atoms with Crippen molar-refractivity contribution in [3.63, 3.8) is 0 Å². The van der Waals surface area contributed by atoms with Crippen molar-refractivity contribution in [2.45, 2.75) is 52.7 Å². The summed E-state index contributed by atoms with van der Waals surface area (Å²) >= 11 is 0. The van der Waals surface area contributed by atoms with Crippen molar-refractivity contribution in [1.82, 2.24) is 0 Å². The van der Waals surface area contributed by atoms with Crippen LogP contribution in [-0.4, -0.2) is 36.4 Å². The van der Waals surface area contributed by atoms with Crippen molar-refractivity contribution >= 4 is 11.9 Å². The summed E-state index contributed by atoms with van der Waals surface area (Å²) < 4.78 is 15.6. The molecule has 0 aliphatic carbocycles. The van der Waals surface area contributed by atoms with E-state index in [0.717, 1.165) is 0 Å². The normalized spacial score (nSPS) is 33.8. The minimum Gasteiger partial charge on any atom is -0.389 e. The number of carbonyl (C=O) groups is 2. The standard InChI is InChI=1S/C14H22O5/c1-11(2,3)13(7-17-13)9(15)19-10(16)14(8-18-14)12(4,5)6/h7-8H2,1-6H3. The molecule has 0 radical (unpaired) electrons. The summed E-state index contributed by atoms with van der Waals surface area (Å²) in [6.45, 7) is 11.9. The lowest BCUT2D eigenvalue weighted by Crippen LogP contribution is -2.46. The summed E-state index contributed by atoms with van der Waals surface area (Å²) in [5, 5.41) is 0. The molecule has 0 aromatic carbocycles. The maximum atomic E-state index is 12.2. The smallest absolute Gasteiger partial charge is 0.349 e. The molecular formula is C14H22O5. The van der Waals surface area contributed by atoms with Gasteiger partial charge in [0.1, 0.15) is 0 Å². The highest BCUT2D eigenvalue weighted by Crippen LogP contribution is 2.48. The summed E-state index contributed by atoms with van der Waals surface area (Å²) in [6.07, 6.45) is 0. The fourth-order valence-electron chi connectivity index (χ4n) is 2.11. The van der Waals surface area contributed by atoms with Gasteiger partial charge in [-0.2, -0.15) is 0 Å². The Morgan fingerprint density at radius 1 is 0.842 bits per heavy atom. The minimum atomic E-state index is -0.989. The highest BCUT2D eigenvalue weighted by atomic mass is 16.7. The highest BCUT2D eigenvalue weighted by Gasteiger charge is 2.66. The van der Waals surface area contributed by atoms with Crippen LogP contribution >= 0.6 is 0 Å². The molecule has 2 saturated heterocycles. The van der Waals surface area contributed by atoms with Crippen molar-refractivity contribution in [3.8, 4) is 0 Å². The lowest BCUT2D eigenvalue weighted by atomic mass is 9.80. The molecule has 19 heavy (non-hydrogen) atoms. The molecule has 2 atom stereocenters. The first-order valence-corrected chi connectivity index (χ1v) is 6.51. The monoisotopic (exact) mass is 270 g/mol. The Morgan fingerprint density at radius 3 is 1.26 bits per heavy atom. The summed E-state index contributed by atoms with van der Waals surface area (Å²) in [5.41, 5.74) is -2.78. The van der Waals surface area contributed by atoms with E-state index in [1.165, 1.54) is 0 Å². The van der Waals surface area contributed by atoms with E-state index in [4.69, 9.17) is 14.2 Å². The van der Waals surface area contributed by atoms with E-state index in [1.807, 2.05) is 41.5 Å². The van der Waals surface area contributed by atoms with Crippen LogP contribution in [0.5, 0.6) is 0 Å².